The molecule has 0 aromatic carbocycles. The predicted octanol–water partition coefficient (Wildman–Crippen LogP) is 3.06. The van der Waals surface area contributed by atoms with E-state index in [1.54, 1.807) is 17.3 Å². The summed E-state index contributed by atoms with van der Waals surface area (Å²) in [5.74, 6) is 1.20. The number of carbonyl (C=O) groups excluding carboxylic acids is 4. The zero-order valence-electron chi connectivity index (χ0n) is 25.1. The first-order chi connectivity index (χ1) is 21.3. The number of pyridine rings is 1. The zero-order valence-corrected chi connectivity index (χ0v) is 25.9. The molecule has 0 radical (unpaired) electrons. The first-order valence-corrected chi connectivity index (χ1v) is 17.5. The second kappa shape index (κ2) is 10.9. The van der Waals surface area contributed by atoms with E-state index in [-0.39, 0.29) is 53.1 Å². The number of aromatic nitrogens is 2. The van der Waals surface area contributed by atoms with Gasteiger partial charge in [0.1, 0.15) is 11.6 Å². The number of fused-ring (bicyclic) bond motifs is 2. The Morgan fingerprint density at radius 3 is 2.55 bits per heavy atom. The second-order valence-electron chi connectivity index (χ2n) is 14.8. The molecule has 4 N–H and O–H groups in total. The van der Waals surface area contributed by atoms with Gasteiger partial charge in [-0.2, -0.15) is 0 Å². The first-order valence-electron chi connectivity index (χ1n) is 16.7. The molecule has 5 aliphatic carbocycles. The Bertz CT molecular complexity index is 1440. The summed E-state index contributed by atoms with van der Waals surface area (Å²) in [5.41, 5.74) is 7.44. The first kappa shape index (κ1) is 28.5. The number of thiazole rings is 1. The molecule has 2 aromatic rings. The summed E-state index contributed by atoms with van der Waals surface area (Å²) in [6.07, 6.45) is 13.9. The lowest BCUT2D eigenvalue weighted by Crippen LogP contribution is -2.62. The smallest absolute Gasteiger partial charge is 0.243 e. The van der Waals surface area contributed by atoms with Crippen LogP contribution in [0.4, 0.5) is 0 Å². The molecular weight excluding hydrogens is 576 g/mol. The van der Waals surface area contributed by atoms with Crippen LogP contribution in [0, 0.1) is 40.9 Å². The number of nitrogens with two attached hydrogens (primary N) is 1. The number of nitrogens with one attached hydrogen (secondary N) is 2. The van der Waals surface area contributed by atoms with E-state index < -0.39 is 18.1 Å². The van der Waals surface area contributed by atoms with Crippen molar-refractivity contribution in [1.29, 1.82) is 0 Å². The van der Waals surface area contributed by atoms with E-state index in [9.17, 15) is 19.2 Å². The standard InChI is InChI=1S/C33H42N6O4S/c34-28(33-12-17-8-18(13-33)10-19(9-17)14-33)32(43)39-16-21-2-1-3-22(21)26(39)30(42)37-23(11-20-4-7-36-29(20)41)27(40)31-38-24-15-35-6-5-25(24)44-31/h5-6,15,17-23,26,28H,1-4,7-14,16,34H2,(H,36,41)(H,37,42)/t17?,18?,19?,20-,21-,22-,23-,26-,28+,33?/m0/s1. The normalized spacial score (nSPS) is 36.8. The fourth-order valence-electron chi connectivity index (χ4n) is 10.5. The molecular formula is C33H42N6O4S. The van der Waals surface area contributed by atoms with Gasteiger partial charge in [0.25, 0.3) is 0 Å². The minimum absolute atomic E-state index is 0.0570. The number of carbonyl (C=O) groups is 4. The van der Waals surface area contributed by atoms with Crippen LogP contribution in [0.3, 0.4) is 0 Å². The Labute approximate surface area is 261 Å². The summed E-state index contributed by atoms with van der Waals surface area (Å²) >= 11 is 1.27. The van der Waals surface area contributed by atoms with E-state index in [0.717, 1.165) is 43.2 Å². The molecule has 2 aliphatic heterocycles. The van der Waals surface area contributed by atoms with Gasteiger partial charge in [-0.05, 0) is 105 Å². The average molecular weight is 619 g/mol. The maximum Gasteiger partial charge on any atom is 0.243 e. The lowest BCUT2D eigenvalue weighted by Gasteiger charge is -2.58. The lowest BCUT2D eigenvalue weighted by atomic mass is 9.47. The van der Waals surface area contributed by atoms with Crippen molar-refractivity contribution in [3.05, 3.63) is 23.5 Å². The summed E-state index contributed by atoms with van der Waals surface area (Å²) in [4.78, 5) is 65.6. The molecule has 7 fully saturated rings. The van der Waals surface area contributed by atoms with Crippen LogP contribution in [-0.4, -0.2) is 69.6 Å². The zero-order chi connectivity index (χ0) is 30.2. The van der Waals surface area contributed by atoms with Gasteiger partial charge in [0.2, 0.25) is 23.5 Å². The van der Waals surface area contributed by atoms with Crippen LogP contribution < -0.4 is 16.4 Å². The Morgan fingerprint density at radius 1 is 1.11 bits per heavy atom. The number of rotatable bonds is 8. The Balaban J connectivity index is 1.06. The molecule has 4 bridgehead atoms. The SMILES string of the molecule is N[C@H](C(=O)N1C[C@@H]2CCC[C@@H]2[C@H]1C(=O)N[C@@H](C[C@@H]1CCNC1=O)C(=O)c1nc2cnccc2s1)C12CC3CC(CC(C3)C1)C2. The Kier molecular flexibility index (Phi) is 7.05. The number of Topliss-reactive ketones (excluding diaryl/α,β-unsaturated/α-hetero) is 1. The molecule has 9 rings (SSSR count). The monoisotopic (exact) mass is 618 g/mol. The van der Waals surface area contributed by atoms with Crippen molar-refractivity contribution in [2.75, 3.05) is 13.1 Å². The Hall–Kier alpha value is -2.92. The largest absolute Gasteiger partial charge is 0.356 e. The second-order valence-corrected chi connectivity index (χ2v) is 15.9. The van der Waals surface area contributed by atoms with Crippen molar-refractivity contribution in [3.63, 3.8) is 0 Å². The van der Waals surface area contributed by atoms with Crippen molar-refractivity contribution in [2.45, 2.75) is 88.8 Å². The number of amides is 3. The van der Waals surface area contributed by atoms with Gasteiger partial charge >= 0.3 is 0 Å². The molecule has 0 spiro atoms. The highest BCUT2D eigenvalue weighted by Crippen LogP contribution is 2.61. The third-order valence-electron chi connectivity index (χ3n) is 12.2. The molecule has 3 amide bonds. The van der Waals surface area contributed by atoms with E-state index in [0.29, 0.717) is 47.8 Å². The fraction of sp³-hybridized carbons (Fsp3) is 0.697. The maximum absolute atomic E-state index is 14.4. The number of ketones is 1. The van der Waals surface area contributed by atoms with Crippen molar-refractivity contribution in [1.82, 2.24) is 25.5 Å². The molecule has 2 saturated heterocycles. The van der Waals surface area contributed by atoms with Gasteiger partial charge in [-0.25, -0.2) is 4.98 Å². The van der Waals surface area contributed by atoms with Gasteiger partial charge in [0.15, 0.2) is 5.01 Å². The lowest BCUT2D eigenvalue weighted by molar-refractivity contribution is -0.148. The summed E-state index contributed by atoms with van der Waals surface area (Å²) in [5, 5.41) is 6.21. The summed E-state index contributed by atoms with van der Waals surface area (Å²) in [6.45, 7) is 1.11. The van der Waals surface area contributed by atoms with Gasteiger partial charge in [-0.15, -0.1) is 11.3 Å². The van der Waals surface area contributed by atoms with Gasteiger partial charge in [-0.3, -0.25) is 24.2 Å². The van der Waals surface area contributed by atoms with E-state index in [1.165, 1.54) is 30.6 Å². The quantitative estimate of drug-likeness (QED) is 0.385. The van der Waals surface area contributed by atoms with Gasteiger partial charge in [0, 0.05) is 25.2 Å². The van der Waals surface area contributed by atoms with Crippen LogP contribution in [0.2, 0.25) is 0 Å². The third kappa shape index (κ3) is 4.76. The molecule has 2 aromatic heterocycles. The van der Waals surface area contributed by atoms with E-state index >= 15 is 0 Å². The topological polar surface area (TPSA) is 147 Å². The molecule has 5 saturated carbocycles. The highest BCUT2D eigenvalue weighted by Gasteiger charge is 2.58. The maximum atomic E-state index is 14.4. The molecule has 234 valence electrons. The highest BCUT2D eigenvalue weighted by molar-refractivity contribution is 7.20. The molecule has 10 nitrogen and oxygen atoms in total. The van der Waals surface area contributed by atoms with Crippen LogP contribution in [0.1, 0.15) is 80.4 Å². The van der Waals surface area contributed by atoms with Crippen molar-refractivity contribution >= 4 is 45.1 Å². The number of likely N-dealkylation sites (tertiary alicyclic amines) is 1. The minimum Gasteiger partial charge on any atom is -0.356 e. The fourth-order valence-corrected chi connectivity index (χ4v) is 11.5. The summed E-state index contributed by atoms with van der Waals surface area (Å²) in [7, 11) is 0. The molecule has 4 heterocycles. The van der Waals surface area contributed by atoms with Crippen LogP contribution in [0.15, 0.2) is 18.5 Å². The van der Waals surface area contributed by atoms with Gasteiger partial charge in [0.05, 0.1) is 23.0 Å². The van der Waals surface area contributed by atoms with Crippen LogP contribution in [0.5, 0.6) is 0 Å². The van der Waals surface area contributed by atoms with Crippen molar-refractivity contribution in [3.8, 4) is 0 Å². The number of nitrogens with zero attached hydrogens (tertiary/aromatic N) is 3. The van der Waals surface area contributed by atoms with Crippen molar-refractivity contribution in [2.24, 2.45) is 46.7 Å². The molecule has 44 heavy (non-hydrogen) atoms. The van der Waals surface area contributed by atoms with Crippen LogP contribution in [0.25, 0.3) is 10.2 Å². The summed E-state index contributed by atoms with van der Waals surface area (Å²) in [6, 6.07) is -0.348. The van der Waals surface area contributed by atoms with E-state index in [2.05, 4.69) is 20.6 Å². The molecule has 7 aliphatic rings. The summed E-state index contributed by atoms with van der Waals surface area (Å²) < 4.78 is 0.840. The predicted molar refractivity (Wildman–Crippen MR) is 164 cm³/mol. The minimum atomic E-state index is -0.917. The molecule has 0 unspecified atom stereocenters. The van der Waals surface area contributed by atoms with Crippen LogP contribution in [-0.2, 0) is 14.4 Å². The number of hydrogen-bond acceptors (Lipinski definition) is 8. The molecule has 6 atom stereocenters. The van der Waals surface area contributed by atoms with Gasteiger partial charge in [-0.1, -0.05) is 6.42 Å². The Morgan fingerprint density at radius 2 is 1.86 bits per heavy atom. The third-order valence-corrected chi connectivity index (χ3v) is 13.2. The van der Waals surface area contributed by atoms with E-state index in [1.807, 2.05) is 6.07 Å². The highest BCUT2D eigenvalue weighted by atomic mass is 32.1. The molecule has 11 heteroatoms. The van der Waals surface area contributed by atoms with Crippen molar-refractivity contribution < 1.29 is 19.2 Å². The van der Waals surface area contributed by atoms with E-state index in [4.69, 9.17) is 5.73 Å². The van der Waals surface area contributed by atoms with Gasteiger partial charge < -0.3 is 21.3 Å². The number of hydrogen-bond donors (Lipinski definition) is 3. The van der Waals surface area contributed by atoms with Crippen LogP contribution >= 0.6 is 11.3 Å². The average Bonchev–Trinajstić information content (AvgIpc) is 3.79.